The van der Waals surface area contributed by atoms with E-state index < -0.39 is 11.8 Å². The summed E-state index contributed by atoms with van der Waals surface area (Å²) in [5, 5.41) is 15.9. The molecule has 6 heteroatoms. The van der Waals surface area contributed by atoms with Crippen molar-refractivity contribution in [1.82, 2.24) is 19.8 Å². The lowest BCUT2D eigenvalue weighted by molar-refractivity contribution is -0.00729. The topological polar surface area (TPSA) is 65.7 Å². The molecule has 5 aromatic rings. The largest absolute Gasteiger partial charge is 0.370 e. The summed E-state index contributed by atoms with van der Waals surface area (Å²) >= 11 is 0. The van der Waals surface area contributed by atoms with Crippen LogP contribution in [-0.2, 0) is 5.54 Å². The summed E-state index contributed by atoms with van der Waals surface area (Å²) in [5.41, 5.74) is 3.91. The second-order valence-electron chi connectivity index (χ2n) is 8.94. The Morgan fingerprint density at radius 2 is 1.29 bits per heavy atom. The normalized spacial score (nSPS) is 20.1. The Morgan fingerprint density at radius 1 is 0.714 bits per heavy atom. The van der Waals surface area contributed by atoms with Gasteiger partial charge in [0.2, 0.25) is 11.9 Å². The number of imidazole rings is 1. The number of hydrogen-bond acceptors (Lipinski definition) is 5. The molecule has 2 aliphatic heterocycles. The number of aliphatic imine (C=N–C) groups is 1. The summed E-state index contributed by atoms with van der Waals surface area (Å²) in [7, 11) is 0. The number of aliphatic hydroxyl groups excluding tert-OH is 1. The van der Waals surface area contributed by atoms with E-state index in [2.05, 4.69) is 28.1 Å². The van der Waals surface area contributed by atoms with E-state index in [0.29, 0.717) is 11.9 Å². The van der Waals surface area contributed by atoms with Gasteiger partial charge in [-0.1, -0.05) is 103 Å². The predicted octanol–water partition coefficient (Wildman–Crippen LogP) is 4.75. The van der Waals surface area contributed by atoms with E-state index in [-0.39, 0.29) is 6.17 Å². The van der Waals surface area contributed by atoms with Crippen LogP contribution in [0.4, 0.5) is 5.95 Å². The number of para-hydroxylation sites is 2. The Kier molecular flexibility index (Phi) is 4.31. The minimum absolute atomic E-state index is 0.331. The number of fused-ring (bicyclic) bond motifs is 4. The second-order valence-corrected chi connectivity index (χ2v) is 8.94. The Bertz CT molecular complexity index is 1510. The van der Waals surface area contributed by atoms with E-state index in [9.17, 15) is 5.11 Å². The first-order valence-corrected chi connectivity index (χ1v) is 11.7. The SMILES string of the molecule is OC1N2C(=Nc3nc4ccccc4n3C2c2ccccc2)NC1(c1ccccc1)c1ccccc1. The van der Waals surface area contributed by atoms with Crippen molar-refractivity contribution in [3.05, 3.63) is 132 Å². The standard InChI is InChI=1S/C29H23N5O/c35-26-29(21-14-6-2-7-15-21,22-16-8-3-9-17-22)32-28-31-27-30-23-18-10-11-19-24(23)33(27)25(34(26)28)20-12-4-1-5-13-20/h1-19,25-26,35H,(H,30,31,32). The molecule has 2 atom stereocenters. The van der Waals surface area contributed by atoms with Crippen LogP contribution in [0.1, 0.15) is 22.9 Å². The summed E-state index contributed by atoms with van der Waals surface area (Å²) in [6.45, 7) is 0. The molecule has 2 N–H and O–H groups in total. The van der Waals surface area contributed by atoms with Crippen molar-refractivity contribution in [2.75, 3.05) is 0 Å². The average Bonchev–Trinajstić information content (AvgIpc) is 3.44. The molecule has 35 heavy (non-hydrogen) atoms. The summed E-state index contributed by atoms with van der Waals surface area (Å²) in [6, 6.07) is 38.5. The molecule has 1 aromatic heterocycles. The molecule has 6 nitrogen and oxygen atoms in total. The van der Waals surface area contributed by atoms with E-state index >= 15 is 0 Å². The number of rotatable bonds is 3. The number of guanidine groups is 1. The number of aliphatic hydroxyl groups is 1. The number of hydrogen-bond donors (Lipinski definition) is 2. The summed E-state index contributed by atoms with van der Waals surface area (Å²) < 4.78 is 2.12. The molecular weight excluding hydrogens is 434 g/mol. The van der Waals surface area contributed by atoms with Crippen LogP contribution < -0.4 is 5.32 Å². The Balaban J connectivity index is 1.50. The zero-order chi connectivity index (χ0) is 23.4. The fraction of sp³-hybridized carbons (Fsp3) is 0.103. The number of nitrogens with zero attached hydrogens (tertiary/aromatic N) is 4. The van der Waals surface area contributed by atoms with Gasteiger partial charge in [-0.3, -0.25) is 9.47 Å². The van der Waals surface area contributed by atoms with Gasteiger partial charge in [-0.05, 0) is 28.8 Å². The van der Waals surface area contributed by atoms with E-state index in [1.807, 2.05) is 102 Å². The van der Waals surface area contributed by atoms with Gasteiger partial charge in [0.25, 0.3) is 0 Å². The predicted molar refractivity (Wildman–Crippen MR) is 136 cm³/mol. The van der Waals surface area contributed by atoms with Crippen LogP contribution in [-0.4, -0.2) is 31.7 Å². The maximum atomic E-state index is 12.3. The molecule has 0 amide bonds. The molecule has 0 spiro atoms. The Hall–Kier alpha value is -4.42. The molecule has 4 aromatic carbocycles. The molecule has 1 fully saturated rings. The highest BCUT2D eigenvalue weighted by atomic mass is 16.3. The maximum Gasteiger partial charge on any atom is 0.235 e. The lowest BCUT2D eigenvalue weighted by atomic mass is 9.81. The third-order valence-corrected chi connectivity index (χ3v) is 7.05. The van der Waals surface area contributed by atoms with Gasteiger partial charge in [0.05, 0.1) is 11.0 Å². The van der Waals surface area contributed by atoms with Crippen LogP contribution in [0.3, 0.4) is 0 Å². The first kappa shape index (κ1) is 20.0. The van der Waals surface area contributed by atoms with Crippen molar-refractivity contribution in [1.29, 1.82) is 0 Å². The number of benzene rings is 4. The van der Waals surface area contributed by atoms with Crippen molar-refractivity contribution < 1.29 is 5.11 Å². The van der Waals surface area contributed by atoms with Gasteiger partial charge in [0.1, 0.15) is 11.7 Å². The Morgan fingerprint density at radius 3 is 1.94 bits per heavy atom. The highest BCUT2D eigenvalue weighted by molar-refractivity contribution is 5.90. The summed E-state index contributed by atoms with van der Waals surface area (Å²) in [4.78, 5) is 11.8. The average molecular weight is 458 g/mol. The fourth-order valence-electron chi connectivity index (χ4n) is 5.48. The fourth-order valence-corrected chi connectivity index (χ4v) is 5.48. The molecule has 2 unspecified atom stereocenters. The molecule has 1 saturated heterocycles. The van der Waals surface area contributed by atoms with Crippen LogP contribution >= 0.6 is 0 Å². The number of nitrogens with one attached hydrogen (secondary N) is 1. The monoisotopic (exact) mass is 457 g/mol. The lowest BCUT2D eigenvalue weighted by Gasteiger charge is -2.39. The van der Waals surface area contributed by atoms with Crippen LogP contribution in [0.2, 0.25) is 0 Å². The summed E-state index contributed by atoms with van der Waals surface area (Å²) in [5.74, 6) is 1.21. The molecule has 7 rings (SSSR count). The smallest absolute Gasteiger partial charge is 0.235 e. The molecule has 2 aliphatic rings. The lowest BCUT2D eigenvalue weighted by Crippen LogP contribution is -2.49. The third-order valence-electron chi connectivity index (χ3n) is 7.05. The molecule has 170 valence electrons. The van der Waals surface area contributed by atoms with E-state index in [1.165, 1.54) is 0 Å². The van der Waals surface area contributed by atoms with Gasteiger partial charge < -0.3 is 10.4 Å². The van der Waals surface area contributed by atoms with E-state index in [4.69, 9.17) is 9.98 Å². The van der Waals surface area contributed by atoms with Gasteiger partial charge in [0, 0.05) is 0 Å². The molecular formula is C29H23N5O. The van der Waals surface area contributed by atoms with Crippen molar-refractivity contribution in [3.8, 4) is 0 Å². The Labute approximate surface area is 202 Å². The van der Waals surface area contributed by atoms with Crippen LogP contribution in [0, 0.1) is 0 Å². The van der Waals surface area contributed by atoms with Crippen LogP contribution in [0.25, 0.3) is 11.0 Å². The second kappa shape index (κ2) is 7.55. The summed E-state index contributed by atoms with van der Waals surface area (Å²) in [6.07, 6.45) is -1.27. The van der Waals surface area contributed by atoms with Gasteiger partial charge in [-0.15, -0.1) is 0 Å². The first-order valence-electron chi connectivity index (χ1n) is 11.7. The third kappa shape index (κ3) is 2.80. The molecule has 0 bridgehead atoms. The van der Waals surface area contributed by atoms with Gasteiger partial charge in [-0.2, -0.15) is 4.99 Å². The van der Waals surface area contributed by atoms with Crippen molar-refractivity contribution in [2.45, 2.75) is 17.9 Å². The van der Waals surface area contributed by atoms with Crippen molar-refractivity contribution >= 4 is 22.9 Å². The van der Waals surface area contributed by atoms with Crippen LogP contribution in [0.15, 0.2) is 120 Å². The van der Waals surface area contributed by atoms with E-state index in [0.717, 1.165) is 27.7 Å². The zero-order valence-corrected chi connectivity index (χ0v) is 18.9. The molecule has 0 saturated carbocycles. The quantitative estimate of drug-likeness (QED) is 0.410. The highest BCUT2D eigenvalue weighted by Gasteiger charge is 2.56. The van der Waals surface area contributed by atoms with Gasteiger partial charge in [0.15, 0.2) is 6.23 Å². The minimum Gasteiger partial charge on any atom is -0.370 e. The maximum absolute atomic E-state index is 12.3. The van der Waals surface area contributed by atoms with Crippen LogP contribution in [0.5, 0.6) is 0 Å². The molecule has 3 heterocycles. The van der Waals surface area contributed by atoms with Crippen molar-refractivity contribution in [2.24, 2.45) is 4.99 Å². The highest BCUT2D eigenvalue weighted by Crippen LogP contribution is 2.46. The molecule has 0 radical (unpaired) electrons. The molecule has 0 aliphatic carbocycles. The van der Waals surface area contributed by atoms with Crippen molar-refractivity contribution in [3.63, 3.8) is 0 Å². The zero-order valence-electron chi connectivity index (χ0n) is 18.9. The first-order chi connectivity index (χ1) is 17.3. The van der Waals surface area contributed by atoms with E-state index in [1.54, 1.807) is 0 Å². The minimum atomic E-state index is -0.939. The van der Waals surface area contributed by atoms with Gasteiger partial charge in [-0.25, -0.2) is 4.98 Å². The van der Waals surface area contributed by atoms with Gasteiger partial charge >= 0.3 is 0 Å². The number of aromatic nitrogens is 2.